The third-order valence-electron chi connectivity index (χ3n) is 7.84. The number of fused-ring (bicyclic) bond motifs is 1. The van der Waals surface area contributed by atoms with Gasteiger partial charge in [-0.25, -0.2) is 0 Å². The number of nitrogens with zero attached hydrogens (tertiary/aromatic N) is 2. The average Bonchev–Trinajstić information content (AvgIpc) is 3.22. The van der Waals surface area contributed by atoms with Gasteiger partial charge in [0.25, 0.3) is 0 Å². The largest absolute Gasteiger partial charge is 0.496 e. The van der Waals surface area contributed by atoms with Gasteiger partial charge in [-0.1, -0.05) is 12.1 Å². The topological polar surface area (TPSA) is 68.4 Å². The number of aromatic nitrogens is 1. The number of rotatable bonds is 7. The molecule has 6 rings (SSSR count). The van der Waals surface area contributed by atoms with Gasteiger partial charge in [0.15, 0.2) is 0 Å². The summed E-state index contributed by atoms with van der Waals surface area (Å²) in [5.74, 6) is 1.74. The molecule has 1 aliphatic heterocycles. The molecule has 0 atom stereocenters. The average molecular weight is 508 g/mol. The van der Waals surface area contributed by atoms with Gasteiger partial charge < -0.3 is 24.1 Å². The second-order valence-electron chi connectivity index (χ2n) is 10.3. The lowest BCUT2D eigenvalue weighted by molar-refractivity contribution is 0.0256. The molecule has 1 saturated carbocycles. The van der Waals surface area contributed by atoms with Crippen LogP contribution in [0.4, 0.5) is 11.4 Å². The lowest BCUT2D eigenvalue weighted by Crippen LogP contribution is -2.25. The fourth-order valence-corrected chi connectivity index (χ4v) is 5.61. The molecule has 0 bridgehead atoms. The van der Waals surface area contributed by atoms with Crippen LogP contribution in [0.2, 0.25) is 0 Å². The Balaban J connectivity index is 1.35. The molecule has 3 aromatic carbocycles. The van der Waals surface area contributed by atoms with E-state index < -0.39 is 0 Å². The summed E-state index contributed by atoms with van der Waals surface area (Å²) < 4.78 is 19.6. The molecule has 4 aromatic rings. The van der Waals surface area contributed by atoms with E-state index in [0.29, 0.717) is 6.04 Å². The van der Waals surface area contributed by atoms with Gasteiger partial charge in [-0.15, -0.1) is 0 Å². The van der Waals surface area contributed by atoms with E-state index in [1.54, 1.807) is 7.11 Å². The number of nitrogens with one attached hydrogen (secondary N) is 1. The van der Waals surface area contributed by atoms with Crippen LogP contribution in [0.15, 0.2) is 60.7 Å². The number of anilines is 2. The Kier molecular flexibility index (Phi) is 6.70. The molecule has 0 radical (unpaired) electrons. The molecule has 0 spiro atoms. The molecule has 6 nitrogen and oxygen atoms in total. The summed E-state index contributed by atoms with van der Waals surface area (Å²) in [5.41, 5.74) is 6.95. The minimum atomic E-state index is 0.178. The van der Waals surface area contributed by atoms with Crippen molar-refractivity contribution < 1.29 is 14.2 Å². The minimum absolute atomic E-state index is 0.178. The zero-order valence-electron chi connectivity index (χ0n) is 22.0. The molecule has 1 saturated heterocycles. The summed E-state index contributed by atoms with van der Waals surface area (Å²) in [6.45, 7) is 3.53. The van der Waals surface area contributed by atoms with Crippen molar-refractivity contribution >= 4 is 22.3 Å². The summed E-state index contributed by atoms with van der Waals surface area (Å²) in [4.78, 5) is 0. The van der Waals surface area contributed by atoms with E-state index in [1.807, 2.05) is 25.1 Å². The zero-order valence-corrected chi connectivity index (χ0v) is 22.0. The molecule has 2 heterocycles. The number of hydrogen-bond donors (Lipinski definition) is 1. The number of nitriles is 1. The molecule has 2 aliphatic rings. The maximum absolute atomic E-state index is 10.3. The summed E-state index contributed by atoms with van der Waals surface area (Å²) in [7, 11) is 1.69. The van der Waals surface area contributed by atoms with Crippen molar-refractivity contribution in [1.29, 1.82) is 5.26 Å². The number of benzene rings is 3. The minimum Gasteiger partial charge on any atom is -0.496 e. The Morgan fingerprint density at radius 2 is 1.71 bits per heavy atom. The maximum atomic E-state index is 10.3. The van der Waals surface area contributed by atoms with Crippen LogP contribution in [0.1, 0.15) is 49.3 Å². The maximum Gasteiger partial charge on any atom is 0.121 e. The molecular formula is C32H33N3O3. The van der Waals surface area contributed by atoms with Crippen molar-refractivity contribution in [2.45, 2.75) is 51.2 Å². The smallest absolute Gasteiger partial charge is 0.121 e. The van der Waals surface area contributed by atoms with E-state index >= 15 is 0 Å². The molecule has 38 heavy (non-hydrogen) atoms. The van der Waals surface area contributed by atoms with E-state index in [-0.39, 0.29) is 6.10 Å². The second-order valence-corrected chi connectivity index (χ2v) is 10.3. The van der Waals surface area contributed by atoms with Crippen molar-refractivity contribution in [3.63, 3.8) is 0 Å². The monoisotopic (exact) mass is 507 g/mol. The summed E-state index contributed by atoms with van der Waals surface area (Å²) >= 11 is 0. The van der Waals surface area contributed by atoms with E-state index in [2.05, 4.69) is 58.4 Å². The van der Waals surface area contributed by atoms with E-state index in [1.165, 1.54) is 6.42 Å². The van der Waals surface area contributed by atoms with Crippen LogP contribution < -0.4 is 14.8 Å². The number of methoxy groups -OCH3 is 1. The SMILES string of the molecule is COc1ccc(Nc2ccc(-c3c(C#N)c4ccc(OC5CCOCC5)cc4n3C3CCC3)cc2)cc1C. The first-order valence-electron chi connectivity index (χ1n) is 13.5. The van der Waals surface area contributed by atoms with Gasteiger partial charge in [0.2, 0.25) is 0 Å². The number of hydrogen-bond acceptors (Lipinski definition) is 5. The van der Waals surface area contributed by atoms with Gasteiger partial charge in [-0.2, -0.15) is 5.26 Å². The first-order valence-corrected chi connectivity index (χ1v) is 13.5. The Morgan fingerprint density at radius 1 is 0.947 bits per heavy atom. The van der Waals surface area contributed by atoms with Crippen LogP contribution in [-0.2, 0) is 4.74 Å². The molecular weight excluding hydrogens is 474 g/mol. The van der Waals surface area contributed by atoms with Crippen LogP contribution in [0, 0.1) is 18.3 Å². The van der Waals surface area contributed by atoms with E-state index in [9.17, 15) is 5.26 Å². The quantitative estimate of drug-likeness (QED) is 0.280. The highest BCUT2D eigenvalue weighted by Crippen LogP contribution is 2.43. The molecule has 0 amide bonds. The highest BCUT2D eigenvalue weighted by Gasteiger charge is 2.28. The van der Waals surface area contributed by atoms with Crippen molar-refractivity contribution in [1.82, 2.24) is 4.57 Å². The molecule has 0 unspecified atom stereocenters. The molecule has 194 valence electrons. The van der Waals surface area contributed by atoms with Crippen LogP contribution >= 0.6 is 0 Å². The van der Waals surface area contributed by atoms with Crippen molar-refractivity contribution in [2.75, 3.05) is 25.6 Å². The highest BCUT2D eigenvalue weighted by atomic mass is 16.5. The second kappa shape index (κ2) is 10.4. The molecule has 6 heteroatoms. The molecule has 2 fully saturated rings. The van der Waals surface area contributed by atoms with Gasteiger partial charge in [0.1, 0.15) is 23.7 Å². The van der Waals surface area contributed by atoms with Gasteiger partial charge in [-0.3, -0.25) is 0 Å². The summed E-state index contributed by atoms with van der Waals surface area (Å²) in [6, 6.07) is 23.6. The standard InChI is InChI=1S/C32H33N3O3/c1-21-18-24(10-13-31(21)36-2)34-23-8-6-22(7-9-23)32-29(20-33)28-12-11-27(38-26-14-16-37-17-15-26)19-30(28)35(32)25-4-3-5-25/h6-13,18-19,25-26,34H,3-5,14-17H2,1-2H3. The summed E-state index contributed by atoms with van der Waals surface area (Å²) in [6.07, 6.45) is 5.47. The third-order valence-corrected chi connectivity index (χ3v) is 7.84. The van der Waals surface area contributed by atoms with Gasteiger partial charge in [0.05, 0.1) is 37.1 Å². The Bertz CT molecular complexity index is 1490. The van der Waals surface area contributed by atoms with Crippen LogP contribution in [0.5, 0.6) is 11.5 Å². The Hall–Kier alpha value is -3.95. The summed E-state index contributed by atoms with van der Waals surface area (Å²) in [5, 5.41) is 14.8. The van der Waals surface area contributed by atoms with Crippen molar-refractivity contribution in [3.8, 4) is 28.8 Å². The molecule has 1 aliphatic carbocycles. The van der Waals surface area contributed by atoms with Gasteiger partial charge in [0, 0.05) is 41.7 Å². The number of ether oxygens (including phenoxy) is 3. The third kappa shape index (κ3) is 4.59. The molecule has 1 N–H and O–H groups in total. The fraction of sp³-hybridized carbons (Fsp3) is 0.344. The lowest BCUT2D eigenvalue weighted by Gasteiger charge is -2.30. The van der Waals surface area contributed by atoms with Crippen LogP contribution in [0.25, 0.3) is 22.2 Å². The van der Waals surface area contributed by atoms with E-state index in [4.69, 9.17) is 14.2 Å². The molecule has 1 aromatic heterocycles. The van der Waals surface area contributed by atoms with Crippen molar-refractivity contribution in [3.05, 3.63) is 71.8 Å². The number of aryl methyl sites for hydroxylation is 1. The first kappa shape index (κ1) is 24.4. The first-order chi connectivity index (χ1) is 18.6. The van der Waals surface area contributed by atoms with Gasteiger partial charge in [-0.05, 0) is 79.8 Å². The zero-order chi connectivity index (χ0) is 26.1. The van der Waals surface area contributed by atoms with Crippen molar-refractivity contribution in [2.24, 2.45) is 0 Å². The Labute approximate surface area is 223 Å². The predicted molar refractivity (Wildman–Crippen MR) is 150 cm³/mol. The highest BCUT2D eigenvalue weighted by molar-refractivity contribution is 5.95. The van der Waals surface area contributed by atoms with Crippen LogP contribution in [-0.4, -0.2) is 31.0 Å². The lowest BCUT2D eigenvalue weighted by atomic mass is 9.92. The Morgan fingerprint density at radius 3 is 2.37 bits per heavy atom. The fourth-order valence-electron chi connectivity index (χ4n) is 5.61. The predicted octanol–water partition coefficient (Wildman–Crippen LogP) is 7.52. The van der Waals surface area contributed by atoms with Gasteiger partial charge >= 0.3 is 0 Å². The van der Waals surface area contributed by atoms with E-state index in [0.717, 1.165) is 95.1 Å². The normalized spacial score (nSPS) is 16.1. The van der Waals surface area contributed by atoms with Crippen LogP contribution in [0.3, 0.4) is 0 Å².